The number of benzene rings is 3. The van der Waals surface area contributed by atoms with Gasteiger partial charge in [-0.2, -0.15) is 13.2 Å². The Morgan fingerprint density at radius 3 is 2.21 bits per heavy atom. The Hall–Kier alpha value is -3.86. The molecule has 0 aliphatic carbocycles. The molecule has 3 rings (SSSR count). The van der Waals surface area contributed by atoms with E-state index in [2.05, 4.69) is 10.0 Å². The van der Waals surface area contributed by atoms with Crippen molar-refractivity contribution in [2.45, 2.75) is 17.5 Å². The molecule has 0 saturated heterocycles. The number of amides is 1. The average molecular weight is 492 g/mol. The molecule has 34 heavy (non-hydrogen) atoms. The number of carbonyl (C=O) groups excluding carboxylic acids is 1. The van der Waals surface area contributed by atoms with E-state index in [1.54, 1.807) is 12.1 Å². The number of hydrogen-bond acceptors (Lipinski definition) is 4. The van der Waals surface area contributed by atoms with E-state index in [0.717, 1.165) is 23.8 Å². The van der Waals surface area contributed by atoms with E-state index >= 15 is 0 Å². The highest BCUT2D eigenvalue weighted by molar-refractivity contribution is 7.92. The van der Waals surface area contributed by atoms with Crippen molar-refractivity contribution in [3.05, 3.63) is 95.1 Å². The Morgan fingerprint density at radius 1 is 0.882 bits per heavy atom. The zero-order valence-corrected chi connectivity index (χ0v) is 18.3. The Labute approximate surface area is 193 Å². The van der Waals surface area contributed by atoms with Gasteiger partial charge in [0, 0.05) is 17.8 Å². The Kier molecular flexibility index (Phi) is 7.26. The molecule has 0 fully saturated rings. The summed E-state index contributed by atoms with van der Waals surface area (Å²) in [6.45, 7) is 0.242. The lowest BCUT2D eigenvalue weighted by Crippen LogP contribution is -2.25. The third kappa shape index (κ3) is 6.35. The summed E-state index contributed by atoms with van der Waals surface area (Å²) in [7, 11) is -4.32. The first kappa shape index (κ1) is 24.8. The second-order valence-corrected chi connectivity index (χ2v) is 8.90. The number of rotatable bonds is 8. The highest BCUT2D eigenvalue weighted by atomic mass is 32.2. The predicted octanol–water partition coefficient (Wildman–Crippen LogP) is 4.18. The summed E-state index contributed by atoms with van der Waals surface area (Å²) in [6, 6.07) is 15.0. The highest BCUT2D eigenvalue weighted by Gasteiger charge is 2.31. The van der Waals surface area contributed by atoms with Gasteiger partial charge < -0.3 is 10.4 Å². The number of hydrogen-bond donors (Lipinski definition) is 3. The first-order valence-corrected chi connectivity index (χ1v) is 11.3. The molecule has 11 heteroatoms. The summed E-state index contributed by atoms with van der Waals surface area (Å²) in [5.41, 5.74) is 0.0194. The SMILES string of the molecule is O=C(O)c1ccc(CCNC(=O)c2cccc(NS(=O)(=O)c3cccc(C(F)(F)F)c3)c2)cc1. The second-order valence-electron chi connectivity index (χ2n) is 7.22. The van der Waals surface area contributed by atoms with Crippen molar-refractivity contribution >= 4 is 27.6 Å². The topological polar surface area (TPSA) is 113 Å². The van der Waals surface area contributed by atoms with Crippen molar-refractivity contribution in [1.82, 2.24) is 5.32 Å². The number of sulfonamides is 1. The summed E-state index contributed by atoms with van der Waals surface area (Å²) >= 11 is 0. The Morgan fingerprint density at radius 2 is 1.56 bits per heavy atom. The molecule has 0 atom stereocenters. The van der Waals surface area contributed by atoms with Gasteiger partial charge >= 0.3 is 12.1 Å². The summed E-state index contributed by atoms with van der Waals surface area (Å²) in [5.74, 6) is -1.52. The van der Waals surface area contributed by atoms with E-state index in [0.29, 0.717) is 12.5 Å². The lowest BCUT2D eigenvalue weighted by atomic mass is 10.1. The molecular formula is C23H19F3N2O5S. The molecule has 0 radical (unpaired) electrons. The van der Waals surface area contributed by atoms with Crippen molar-refractivity contribution in [2.75, 3.05) is 11.3 Å². The zero-order chi connectivity index (χ0) is 24.9. The molecule has 0 saturated carbocycles. The first-order valence-electron chi connectivity index (χ1n) is 9.86. The van der Waals surface area contributed by atoms with Crippen LogP contribution in [0.2, 0.25) is 0 Å². The molecule has 3 aromatic carbocycles. The van der Waals surface area contributed by atoms with Crippen LogP contribution in [-0.2, 0) is 22.6 Å². The quantitative estimate of drug-likeness (QED) is 0.437. The molecule has 3 N–H and O–H groups in total. The van der Waals surface area contributed by atoms with Gasteiger partial charge in [-0.3, -0.25) is 9.52 Å². The van der Waals surface area contributed by atoms with Gasteiger partial charge in [0.1, 0.15) is 0 Å². The minimum atomic E-state index is -4.69. The van der Waals surface area contributed by atoms with Crippen LogP contribution in [0.5, 0.6) is 0 Å². The molecular weight excluding hydrogens is 473 g/mol. The van der Waals surface area contributed by atoms with Gasteiger partial charge in [-0.05, 0) is 60.5 Å². The van der Waals surface area contributed by atoms with Gasteiger partial charge in [0.2, 0.25) is 0 Å². The van der Waals surface area contributed by atoms with Crippen molar-refractivity contribution in [1.29, 1.82) is 0 Å². The molecule has 0 spiro atoms. The van der Waals surface area contributed by atoms with Crippen molar-refractivity contribution < 1.29 is 36.3 Å². The van der Waals surface area contributed by atoms with Gasteiger partial charge in [0.15, 0.2) is 0 Å². The number of anilines is 1. The van der Waals surface area contributed by atoms with Crippen LogP contribution in [0.25, 0.3) is 0 Å². The minimum Gasteiger partial charge on any atom is -0.478 e. The van der Waals surface area contributed by atoms with Crippen molar-refractivity contribution in [2.24, 2.45) is 0 Å². The summed E-state index contributed by atoms with van der Waals surface area (Å²) < 4.78 is 66.0. The average Bonchev–Trinajstić information content (AvgIpc) is 2.79. The van der Waals surface area contributed by atoms with E-state index in [-0.39, 0.29) is 23.4 Å². The van der Waals surface area contributed by atoms with Gasteiger partial charge in [0.25, 0.3) is 15.9 Å². The fourth-order valence-electron chi connectivity index (χ4n) is 3.01. The summed E-state index contributed by atoms with van der Waals surface area (Å²) in [4.78, 5) is 22.7. The van der Waals surface area contributed by atoms with Crippen LogP contribution < -0.4 is 10.0 Å². The third-order valence-corrected chi connectivity index (χ3v) is 6.13. The van der Waals surface area contributed by atoms with E-state index in [4.69, 9.17) is 5.11 Å². The maximum absolute atomic E-state index is 12.9. The van der Waals surface area contributed by atoms with Crippen LogP contribution >= 0.6 is 0 Å². The predicted molar refractivity (Wildman–Crippen MR) is 118 cm³/mol. The number of aromatic carboxylic acids is 1. The van der Waals surface area contributed by atoms with E-state index in [1.165, 1.54) is 36.4 Å². The second kappa shape index (κ2) is 9.96. The number of carboxylic acids is 1. The fraction of sp³-hybridized carbons (Fsp3) is 0.130. The molecule has 0 aromatic heterocycles. The minimum absolute atomic E-state index is 0.00863. The highest BCUT2D eigenvalue weighted by Crippen LogP contribution is 2.31. The number of nitrogens with one attached hydrogen (secondary N) is 2. The number of alkyl halides is 3. The van der Waals surface area contributed by atoms with Gasteiger partial charge in [-0.25, -0.2) is 13.2 Å². The van der Waals surface area contributed by atoms with Gasteiger partial charge in [0.05, 0.1) is 16.0 Å². The van der Waals surface area contributed by atoms with Crippen molar-refractivity contribution in [3.8, 4) is 0 Å². The Balaban J connectivity index is 1.65. The molecule has 178 valence electrons. The number of halogens is 3. The lowest BCUT2D eigenvalue weighted by molar-refractivity contribution is -0.137. The molecule has 0 unspecified atom stereocenters. The zero-order valence-electron chi connectivity index (χ0n) is 17.5. The van der Waals surface area contributed by atoms with Crippen LogP contribution in [0.4, 0.5) is 18.9 Å². The van der Waals surface area contributed by atoms with Gasteiger partial charge in [-0.1, -0.05) is 24.3 Å². The maximum Gasteiger partial charge on any atom is 0.416 e. The lowest BCUT2D eigenvalue weighted by Gasteiger charge is -2.12. The van der Waals surface area contributed by atoms with E-state index in [1.807, 2.05) is 0 Å². The monoisotopic (exact) mass is 492 g/mol. The van der Waals surface area contributed by atoms with E-state index < -0.39 is 38.5 Å². The third-order valence-electron chi connectivity index (χ3n) is 4.75. The largest absolute Gasteiger partial charge is 0.478 e. The standard InChI is InChI=1S/C23H19F3N2O5S/c24-23(25,26)18-4-2-6-20(14-18)34(32,33)28-19-5-1-3-17(13-19)21(29)27-12-11-15-7-9-16(10-8-15)22(30)31/h1-10,13-14,28H,11-12H2,(H,27,29)(H,30,31). The number of carbonyl (C=O) groups is 2. The fourth-order valence-corrected chi connectivity index (χ4v) is 4.11. The molecule has 0 bridgehead atoms. The molecule has 0 aliphatic rings. The molecule has 0 aliphatic heterocycles. The van der Waals surface area contributed by atoms with Crippen LogP contribution in [0.3, 0.4) is 0 Å². The van der Waals surface area contributed by atoms with Crippen LogP contribution in [0, 0.1) is 0 Å². The number of carboxylic acid groups (broad SMARTS) is 1. The van der Waals surface area contributed by atoms with E-state index in [9.17, 15) is 31.2 Å². The normalized spacial score (nSPS) is 11.6. The smallest absolute Gasteiger partial charge is 0.416 e. The maximum atomic E-state index is 12.9. The van der Waals surface area contributed by atoms with Crippen LogP contribution in [-0.4, -0.2) is 31.9 Å². The first-order chi connectivity index (χ1) is 16.0. The molecule has 0 heterocycles. The Bertz CT molecular complexity index is 1310. The summed E-state index contributed by atoms with van der Waals surface area (Å²) in [5, 5.41) is 11.6. The molecule has 7 nitrogen and oxygen atoms in total. The molecule has 3 aromatic rings. The van der Waals surface area contributed by atoms with Crippen LogP contribution in [0.1, 0.15) is 31.8 Å². The molecule has 1 amide bonds. The summed E-state index contributed by atoms with van der Waals surface area (Å²) in [6.07, 6.45) is -4.25. The van der Waals surface area contributed by atoms with Crippen molar-refractivity contribution in [3.63, 3.8) is 0 Å². The van der Waals surface area contributed by atoms with Crippen LogP contribution in [0.15, 0.2) is 77.7 Å². The van der Waals surface area contributed by atoms with Gasteiger partial charge in [-0.15, -0.1) is 0 Å².